The number of carbonyl (C=O) groups excluding carboxylic acids is 1. The van der Waals surface area contributed by atoms with Crippen molar-refractivity contribution >= 4 is 38.8 Å². The topological polar surface area (TPSA) is 17.1 Å². The number of hydrogen-bond donors (Lipinski definition) is 0. The summed E-state index contributed by atoms with van der Waals surface area (Å²) in [5, 5.41) is 1.10. The zero-order valence-electron chi connectivity index (χ0n) is 7.00. The molecule has 1 heterocycles. The van der Waals surface area contributed by atoms with E-state index in [9.17, 15) is 4.79 Å². The van der Waals surface area contributed by atoms with Crippen LogP contribution in [0.2, 0.25) is 4.34 Å². The summed E-state index contributed by atoms with van der Waals surface area (Å²) in [4.78, 5) is 11.1. The zero-order chi connectivity index (χ0) is 9.42. The molecule has 0 amide bonds. The summed E-state index contributed by atoms with van der Waals surface area (Å²) in [6, 6.07) is 7.54. The molecule has 0 saturated heterocycles. The monoisotopic (exact) mass is 210 g/mol. The molecule has 1 aromatic heterocycles. The fourth-order valence-corrected chi connectivity index (χ4v) is 2.41. The van der Waals surface area contributed by atoms with Gasteiger partial charge in [-0.25, -0.2) is 0 Å². The number of benzene rings is 1. The van der Waals surface area contributed by atoms with Crippen molar-refractivity contribution in [1.29, 1.82) is 0 Å². The third kappa shape index (κ3) is 1.60. The van der Waals surface area contributed by atoms with Gasteiger partial charge in [-0.15, -0.1) is 11.3 Å². The van der Waals surface area contributed by atoms with E-state index >= 15 is 0 Å². The molecule has 0 spiro atoms. The van der Waals surface area contributed by atoms with Crippen LogP contribution in [0.5, 0.6) is 0 Å². The Morgan fingerprint density at radius 1 is 1.38 bits per heavy atom. The number of fused-ring (bicyclic) bond motifs is 1. The summed E-state index contributed by atoms with van der Waals surface area (Å²) in [7, 11) is 0. The van der Waals surface area contributed by atoms with Gasteiger partial charge in [0.15, 0.2) is 5.78 Å². The largest absolute Gasteiger partial charge is 0.295 e. The van der Waals surface area contributed by atoms with Crippen molar-refractivity contribution in [3.63, 3.8) is 0 Å². The lowest BCUT2D eigenvalue weighted by atomic mass is 10.1. The fraction of sp³-hybridized carbons (Fsp3) is 0.100. The Labute approximate surface area is 84.9 Å². The normalized spacial score (nSPS) is 10.6. The van der Waals surface area contributed by atoms with Crippen LogP contribution >= 0.6 is 22.9 Å². The molecule has 0 N–H and O–H groups in total. The standard InChI is InChI=1S/C10H7ClOS/c1-6(12)7-2-3-8-5-10(11)13-9(8)4-7/h2-5H,1H3. The molecule has 0 bridgehead atoms. The van der Waals surface area contributed by atoms with Gasteiger partial charge in [-0.05, 0) is 24.4 Å². The zero-order valence-corrected chi connectivity index (χ0v) is 8.58. The summed E-state index contributed by atoms with van der Waals surface area (Å²) < 4.78 is 1.83. The third-order valence-corrected chi connectivity index (χ3v) is 3.12. The molecule has 3 heteroatoms. The van der Waals surface area contributed by atoms with Crippen LogP contribution < -0.4 is 0 Å². The van der Waals surface area contributed by atoms with Gasteiger partial charge in [0.25, 0.3) is 0 Å². The number of Topliss-reactive ketones (excluding diaryl/α,β-unsaturated/α-hetero) is 1. The highest BCUT2D eigenvalue weighted by molar-refractivity contribution is 7.22. The van der Waals surface area contributed by atoms with Crippen molar-refractivity contribution in [2.45, 2.75) is 6.92 Å². The maximum atomic E-state index is 11.1. The van der Waals surface area contributed by atoms with Gasteiger partial charge in [-0.3, -0.25) is 4.79 Å². The summed E-state index contributed by atoms with van der Waals surface area (Å²) in [5.41, 5.74) is 0.742. The minimum atomic E-state index is 0.0893. The molecular weight excluding hydrogens is 204 g/mol. The summed E-state index contributed by atoms with van der Waals surface area (Å²) >= 11 is 7.35. The van der Waals surface area contributed by atoms with Gasteiger partial charge < -0.3 is 0 Å². The van der Waals surface area contributed by atoms with Crippen LogP contribution in [-0.2, 0) is 0 Å². The molecule has 2 rings (SSSR count). The molecule has 2 aromatic rings. The predicted octanol–water partition coefficient (Wildman–Crippen LogP) is 3.76. The summed E-state index contributed by atoms with van der Waals surface area (Å²) in [6.45, 7) is 1.57. The van der Waals surface area contributed by atoms with Crippen LogP contribution in [0.15, 0.2) is 24.3 Å². The van der Waals surface area contributed by atoms with Crippen LogP contribution in [0.4, 0.5) is 0 Å². The van der Waals surface area contributed by atoms with E-state index in [-0.39, 0.29) is 5.78 Å². The van der Waals surface area contributed by atoms with Gasteiger partial charge >= 0.3 is 0 Å². The van der Waals surface area contributed by atoms with Gasteiger partial charge in [0.1, 0.15) is 0 Å². The number of hydrogen-bond acceptors (Lipinski definition) is 2. The first-order valence-corrected chi connectivity index (χ1v) is 5.06. The van der Waals surface area contributed by atoms with Crippen molar-refractivity contribution in [2.75, 3.05) is 0 Å². The van der Waals surface area contributed by atoms with Crippen molar-refractivity contribution < 1.29 is 4.79 Å². The second-order valence-corrected chi connectivity index (χ2v) is 4.57. The molecule has 0 fully saturated rings. The predicted molar refractivity (Wildman–Crippen MR) is 56.8 cm³/mol. The Bertz CT molecular complexity index is 473. The van der Waals surface area contributed by atoms with Crippen molar-refractivity contribution in [3.05, 3.63) is 34.2 Å². The Morgan fingerprint density at radius 2 is 2.15 bits per heavy atom. The molecule has 13 heavy (non-hydrogen) atoms. The number of rotatable bonds is 1. The first kappa shape index (κ1) is 8.73. The molecule has 1 nitrogen and oxygen atoms in total. The van der Waals surface area contributed by atoms with E-state index in [2.05, 4.69) is 0 Å². The lowest BCUT2D eigenvalue weighted by molar-refractivity contribution is 0.101. The van der Waals surface area contributed by atoms with E-state index in [0.717, 1.165) is 20.0 Å². The maximum Gasteiger partial charge on any atom is 0.159 e. The lowest BCUT2D eigenvalue weighted by Crippen LogP contribution is -1.89. The number of halogens is 1. The van der Waals surface area contributed by atoms with Crippen LogP contribution in [0.25, 0.3) is 10.1 Å². The van der Waals surface area contributed by atoms with Gasteiger partial charge in [-0.2, -0.15) is 0 Å². The smallest absolute Gasteiger partial charge is 0.159 e. The summed E-state index contributed by atoms with van der Waals surface area (Å²) in [6.07, 6.45) is 0. The number of ketones is 1. The Kier molecular flexibility index (Phi) is 2.10. The van der Waals surface area contributed by atoms with Crippen LogP contribution in [0, 0.1) is 0 Å². The van der Waals surface area contributed by atoms with E-state index in [1.165, 1.54) is 11.3 Å². The third-order valence-electron chi connectivity index (χ3n) is 1.90. The highest BCUT2D eigenvalue weighted by atomic mass is 35.5. The van der Waals surface area contributed by atoms with E-state index < -0.39 is 0 Å². The Morgan fingerprint density at radius 3 is 2.85 bits per heavy atom. The van der Waals surface area contributed by atoms with Gasteiger partial charge in [0.2, 0.25) is 0 Å². The highest BCUT2D eigenvalue weighted by Crippen LogP contribution is 2.29. The maximum absolute atomic E-state index is 11.1. The number of thiophene rings is 1. The molecule has 0 saturated carbocycles. The molecule has 66 valence electrons. The summed E-state index contributed by atoms with van der Waals surface area (Å²) in [5.74, 6) is 0.0893. The molecular formula is C10H7ClOS. The van der Waals surface area contributed by atoms with Gasteiger partial charge in [0.05, 0.1) is 4.34 Å². The molecule has 0 aliphatic rings. The van der Waals surface area contributed by atoms with Crippen LogP contribution in [-0.4, -0.2) is 5.78 Å². The van der Waals surface area contributed by atoms with Crippen molar-refractivity contribution in [3.8, 4) is 0 Å². The molecule has 0 aliphatic carbocycles. The second-order valence-electron chi connectivity index (χ2n) is 2.86. The first-order chi connectivity index (χ1) is 6.16. The van der Waals surface area contributed by atoms with Crippen molar-refractivity contribution in [1.82, 2.24) is 0 Å². The van der Waals surface area contributed by atoms with Crippen LogP contribution in [0.3, 0.4) is 0 Å². The van der Waals surface area contributed by atoms with Crippen molar-refractivity contribution in [2.24, 2.45) is 0 Å². The molecule has 0 aliphatic heterocycles. The average molecular weight is 211 g/mol. The molecule has 1 aromatic carbocycles. The fourth-order valence-electron chi connectivity index (χ4n) is 1.22. The Hall–Kier alpha value is -0.860. The SMILES string of the molecule is CC(=O)c1ccc2cc(Cl)sc2c1. The quantitative estimate of drug-likeness (QED) is 0.655. The minimum absolute atomic E-state index is 0.0893. The van der Waals surface area contributed by atoms with Gasteiger partial charge in [0, 0.05) is 10.3 Å². The minimum Gasteiger partial charge on any atom is -0.295 e. The van der Waals surface area contributed by atoms with Gasteiger partial charge in [-0.1, -0.05) is 23.7 Å². The van der Waals surface area contributed by atoms with E-state index in [0.29, 0.717) is 0 Å². The lowest BCUT2D eigenvalue weighted by Gasteiger charge is -1.93. The van der Waals surface area contributed by atoms with Crippen LogP contribution in [0.1, 0.15) is 17.3 Å². The molecule has 0 radical (unpaired) electrons. The Balaban J connectivity index is 2.67. The van der Waals surface area contributed by atoms with E-state index in [1.807, 2.05) is 24.3 Å². The average Bonchev–Trinajstić information content (AvgIpc) is 2.42. The molecule has 0 atom stereocenters. The second kappa shape index (κ2) is 3.13. The highest BCUT2D eigenvalue weighted by Gasteiger charge is 2.03. The number of carbonyl (C=O) groups is 1. The molecule has 0 unspecified atom stereocenters. The first-order valence-electron chi connectivity index (χ1n) is 3.87. The van der Waals surface area contributed by atoms with E-state index in [4.69, 9.17) is 11.6 Å². The van der Waals surface area contributed by atoms with E-state index in [1.54, 1.807) is 6.92 Å².